The van der Waals surface area contributed by atoms with E-state index >= 15 is 0 Å². The van der Waals surface area contributed by atoms with Crippen LogP contribution in [-0.4, -0.2) is 16.6 Å². The lowest BCUT2D eigenvalue weighted by Crippen LogP contribution is -2.29. The number of carbonyl (C=O) groups excluding carboxylic acids is 1. The van der Waals surface area contributed by atoms with E-state index in [1.165, 1.54) is 30.6 Å². The van der Waals surface area contributed by atoms with Crippen LogP contribution in [0, 0.1) is 18.8 Å². The molecule has 0 spiro atoms. The summed E-state index contributed by atoms with van der Waals surface area (Å²) in [5.74, 6) is 0.879. The molecule has 0 bridgehead atoms. The van der Waals surface area contributed by atoms with Crippen LogP contribution >= 0.6 is 11.3 Å². The summed E-state index contributed by atoms with van der Waals surface area (Å²) in [6.45, 7) is 6.30. The van der Waals surface area contributed by atoms with Crippen LogP contribution in [0.2, 0.25) is 0 Å². The summed E-state index contributed by atoms with van der Waals surface area (Å²) >= 11 is 1.52. The summed E-state index contributed by atoms with van der Waals surface area (Å²) in [6, 6.07) is 0. The highest BCUT2D eigenvalue weighted by atomic mass is 32.1. The molecule has 1 aliphatic rings. The number of hydrogen-bond acceptors (Lipinski definition) is 4. The SMILES string of the molecule is Cc1csc(CC(=O)NN=C2[C@H](C)CCC[C@H]2C)n1. The Kier molecular flexibility index (Phi) is 4.69. The zero-order valence-corrected chi connectivity index (χ0v) is 12.6. The molecule has 0 aromatic carbocycles. The first-order valence-corrected chi connectivity index (χ1v) is 7.71. The number of nitrogens with one attached hydrogen (secondary N) is 1. The van der Waals surface area contributed by atoms with Gasteiger partial charge in [0.1, 0.15) is 5.01 Å². The van der Waals surface area contributed by atoms with Crippen molar-refractivity contribution >= 4 is 23.0 Å². The maximum Gasteiger partial charge on any atom is 0.246 e. The van der Waals surface area contributed by atoms with Crippen LogP contribution in [-0.2, 0) is 11.2 Å². The standard InChI is InChI=1S/C14H21N3OS/c1-9-5-4-6-10(2)14(9)17-16-12(18)7-13-15-11(3)8-19-13/h8-10H,4-7H2,1-3H3,(H,16,18)/t9-,10-/m1/s1. The van der Waals surface area contributed by atoms with Gasteiger partial charge in [-0.3, -0.25) is 4.79 Å². The number of aromatic nitrogens is 1. The number of carbonyl (C=O) groups is 1. The predicted octanol–water partition coefficient (Wildman–Crippen LogP) is 2.92. The quantitative estimate of drug-likeness (QED) is 0.865. The molecule has 0 unspecified atom stereocenters. The van der Waals surface area contributed by atoms with E-state index in [-0.39, 0.29) is 5.91 Å². The number of rotatable bonds is 3. The van der Waals surface area contributed by atoms with Crippen LogP contribution in [0.3, 0.4) is 0 Å². The molecule has 19 heavy (non-hydrogen) atoms. The van der Waals surface area contributed by atoms with E-state index in [1.807, 2.05) is 12.3 Å². The third-order valence-electron chi connectivity index (χ3n) is 3.57. The van der Waals surface area contributed by atoms with Gasteiger partial charge in [0.2, 0.25) is 5.91 Å². The Morgan fingerprint density at radius 1 is 1.47 bits per heavy atom. The molecule has 2 atom stereocenters. The molecule has 1 fully saturated rings. The second-order valence-corrected chi connectivity index (χ2v) is 6.31. The molecule has 1 aromatic heterocycles. The average Bonchev–Trinajstić information content (AvgIpc) is 2.74. The van der Waals surface area contributed by atoms with Crippen molar-refractivity contribution in [1.29, 1.82) is 0 Å². The first-order valence-electron chi connectivity index (χ1n) is 6.83. The van der Waals surface area contributed by atoms with E-state index < -0.39 is 0 Å². The van der Waals surface area contributed by atoms with Crippen molar-refractivity contribution in [3.63, 3.8) is 0 Å². The molecule has 104 valence electrons. The predicted molar refractivity (Wildman–Crippen MR) is 78.3 cm³/mol. The van der Waals surface area contributed by atoms with Gasteiger partial charge in [-0.25, -0.2) is 10.4 Å². The Bertz CT molecular complexity index is 469. The molecule has 1 N–H and O–H groups in total. The molecule has 2 rings (SSSR count). The van der Waals surface area contributed by atoms with E-state index in [9.17, 15) is 4.79 Å². The van der Waals surface area contributed by atoms with Gasteiger partial charge in [-0.05, 0) is 31.6 Å². The van der Waals surface area contributed by atoms with Crippen molar-refractivity contribution in [2.24, 2.45) is 16.9 Å². The lowest BCUT2D eigenvalue weighted by atomic mass is 9.81. The van der Waals surface area contributed by atoms with Crippen molar-refractivity contribution in [3.05, 3.63) is 16.1 Å². The van der Waals surface area contributed by atoms with Crippen LogP contribution < -0.4 is 5.43 Å². The number of hydrogen-bond donors (Lipinski definition) is 1. The van der Waals surface area contributed by atoms with Gasteiger partial charge >= 0.3 is 0 Å². The second kappa shape index (κ2) is 6.28. The van der Waals surface area contributed by atoms with Gasteiger partial charge in [0.05, 0.1) is 6.42 Å². The van der Waals surface area contributed by atoms with Gasteiger partial charge in [0.15, 0.2) is 0 Å². The fourth-order valence-corrected chi connectivity index (χ4v) is 3.29. The molecule has 0 aliphatic heterocycles. The molecule has 1 aromatic rings. The molecule has 1 amide bonds. The summed E-state index contributed by atoms with van der Waals surface area (Å²) < 4.78 is 0. The van der Waals surface area contributed by atoms with E-state index in [4.69, 9.17) is 0 Å². The third-order valence-corrected chi connectivity index (χ3v) is 4.54. The van der Waals surface area contributed by atoms with Gasteiger partial charge in [0.25, 0.3) is 0 Å². The molecule has 0 saturated heterocycles. The van der Waals surface area contributed by atoms with Gasteiger partial charge < -0.3 is 0 Å². The Labute approximate surface area is 118 Å². The minimum Gasteiger partial charge on any atom is -0.273 e. The molecule has 1 aliphatic carbocycles. The number of aryl methyl sites for hydroxylation is 1. The van der Waals surface area contributed by atoms with Gasteiger partial charge in [-0.1, -0.05) is 20.3 Å². The van der Waals surface area contributed by atoms with Gasteiger partial charge in [-0.15, -0.1) is 11.3 Å². The molecule has 1 saturated carbocycles. The molecule has 1 heterocycles. The summed E-state index contributed by atoms with van der Waals surface area (Å²) in [4.78, 5) is 16.1. The highest BCUT2D eigenvalue weighted by Gasteiger charge is 2.23. The summed E-state index contributed by atoms with van der Waals surface area (Å²) in [7, 11) is 0. The van der Waals surface area contributed by atoms with Gasteiger partial charge in [0, 0.05) is 16.8 Å². The molecule has 5 heteroatoms. The molecule has 0 radical (unpaired) electrons. The molecule has 4 nitrogen and oxygen atoms in total. The zero-order chi connectivity index (χ0) is 13.8. The largest absolute Gasteiger partial charge is 0.273 e. The van der Waals surface area contributed by atoms with Crippen LogP contribution in [0.25, 0.3) is 0 Å². The Hall–Kier alpha value is -1.23. The first-order chi connectivity index (χ1) is 9.06. The van der Waals surface area contributed by atoms with Crippen LogP contribution in [0.1, 0.15) is 43.8 Å². The summed E-state index contributed by atoms with van der Waals surface area (Å²) in [5, 5.41) is 7.15. The van der Waals surface area contributed by atoms with Crippen molar-refractivity contribution < 1.29 is 4.79 Å². The molecular formula is C14H21N3OS. The van der Waals surface area contributed by atoms with Gasteiger partial charge in [-0.2, -0.15) is 5.10 Å². The van der Waals surface area contributed by atoms with Crippen LogP contribution in [0.15, 0.2) is 10.5 Å². The van der Waals surface area contributed by atoms with Crippen molar-refractivity contribution in [2.45, 2.75) is 46.5 Å². The number of thiazole rings is 1. The zero-order valence-electron chi connectivity index (χ0n) is 11.8. The highest BCUT2D eigenvalue weighted by Crippen LogP contribution is 2.25. The molecular weight excluding hydrogens is 258 g/mol. The summed E-state index contributed by atoms with van der Waals surface area (Å²) in [5.41, 5.74) is 4.79. The number of nitrogens with zero attached hydrogens (tertiary/aromatic N) is 2. The van der Waals surface area contributed by atoms with Crippen LogP contribution in [0.4, 0.5) is 0 Å². The minimum absolute atomic E-state index is 0.0770. The maximum absolute atomic E-state index is 11.8. The lowest BCUT2D eigenvalue weighted by Gasteiger charge is -2.26. The minimum atomic E-state index is -0.0770. The monoisotopic (exact) mass is 279 g/mol. The van der Waals surface area contributed by atoms with Crippen LogP contribution in [0.5, 0.6) is 0 Å². The summed E-state index contributed by atoms with van der Waals surface area (Å²) in [6.07, 6.45) is 3.92. The van der Waals surface area contributed by atoms with E-state index in [0.717, 1.165) is 16.4 Å². The number of hydrazone groups is 1. The lowest BCUT2D eigenvalue weighted by molar-refractivity contribution is -0.120. The second-order valence-electron chi connectivity index (χ2n) is 5.36. The first kappa shape index (κ1) is 14.2. The van der Waals surface area contributed by atoms with Crippen molar-refractivity contribution in [3.8, 4) is 0 Å². The Morgan fingerprint density at radius 3 is 2.74 bits per heavy atom. The number of amides is 1. The third kappa shape index (κ3) is 3.86. The van der Waals surface area contributed by atoms with Crippen molar-refractivity contribution in [2.75, 3.05) is 0 Å². The van der Waals surface area contributed by atoms with E-state index in [2.05, 4.69) is 29.4 Å². The fraction of sp³-hybridized carbons (Fsp3) is 0.643. The highest BCUT2D eigenvalue weighted by molar-refractivity contribution is 7.09. The van der Waals surface area contributed by atoms with E-state index in [1.54, 1.807) is 0 Å². The Morgan fingerprint density at radius 2 is 2.16 bits per heavy atom. The fourth-order valence-electron chi connectivity index (χ4n) is 2.52. The smallest absolute Gasteiger partial charge is 0.246 e. The maximum atomic E-state index is 11.8. The average molecular weight is 279 g/mol. The Balaban J connectivity index is 1.91. The van der Waals surface area contributed by atoms with Crippen molar-refractivity contribution in [1.82, 2.24) is 10.4 Å². The van der Waals surface area contributed by atoms with E-state index in [0.29, 0.717) is 18.3 Å². The topological polar surface area (TPSA) is 54.4 Å². The normalized spacial score (nSPS) is 23.2.